The van der Waals surface area contributed by atoms with Gasteiger partial charge in [-0.15, -0.1) is 0 Å². The van der Waals surface area contributed by atoms with Crippen molar-refractivity contribution in [3.63, 3.8) is 0 Å². The SMILES string of the molecule is CCC(C)N(Cc1ccccc1)S(=O)(=O)CC1CCCCC1. The van der Waals surface area contributed by atoms with Gasteiger partial charge in [0.2, 0.25) is 10.0 Å². The Morgan fingerprint density at radius 2 is 1.77 bits per heavy atom. The number of nitrogens with zero attached hydrogens (tertiary/aromatic N) is 1. The molecule has 1 aliphatic rings. The number of hydrogen-bond donors (Lipinski definition) is 0. The molecule has 3 nitrogen and oxygen atoms in total. The van der Waals surface area contributed by atoms with Crippen molar-refractivity contribution in [1.82, 2.24) is 4.31 Å². The van der Waals surface area contributed by atoms with Crippen molar-refractivity contribution in [2.45, 2.75) is 65.0 Å². The minimum atomic E-state index is -3.20. The molecular weight excluding hydrogens is 294 g/mol. The molecule has 1 atom stereocenters. The van der Waals surface area contributed by atoms with E-state index in [0.29, 0.717) is 18.2 Å². The molecule has 0 amide bonds. The highest BCUT2D eigenvalue weighted by Crippen LogP contribution is 2.27. The van der Waals surface area contributed by atoms with Gasteiger partial charge < -0.3 is 0 Å². The molecule has 1 aromatic rings. The second-order valence-electron chi connectivity index (χ2n) is 6.57. The maximum absolute atomic E-state index is 12.9. The van der Waals surface area contributed by atoms with E-state index >= 15 is 0 Å². The average molecular weight is 324 g/mol. The molecule has 0 radical (unpaired) electrons. The number of sulfonamides is 1. The monoisotopic (exact) mass is 323 g/mol. The Kier molecular flexibility index (Phi) is 6.45. The van der Waals surface area contributed by atoms with Gasteiger partial charge in [0.05, 0.1) is 5.75 Å². The van der Waals surface area contributed by atoms with Crippen LogP contribution in [-0.2, 0) is 16.6 Å². The molecule has 0 aliphatic heterocycles. The van der Waals surface area contributed by atoms with Crippen molar-refractivity contribution in [2.24, 2.45) is 5.92 Å². The van der Waals surface area contributed by atoms with Crippen molar-refractivity contribution in [3.05, 3.63) is 35.9 Å². The highest BCUT2D eigenvalue weighted by atomic mass is 32.2. The second kappa shape index (κ2) is 8.11. The van der Waals surface area contributed by atoms with E-state index in [-0.39, 0.29) is 6.04 Å². The molecule has 0 aromatic heterocycles. The second-order valence-corrected chi connectivity index (χ2v) is 8.54. The van der Waals surface area contributed by atoms with Crippen molar-refractivity contribution in [1.29, 1.82) is 0 Å². The minimum Gasteiger partial charge on any atom is -0.212 e. The lowest BCUT2D eigenvalue weighted by Crippen LogP contribution is -2.40. The van der Waals surface area contributed by atoms with Gasteiger partial charge in [0.1, 0.15) is 0 Å². The van der Waals surface area contributed by atoms with Crippen LogP contribution in [0.3, 0.4) is 0 Å². The van der Waals surface area contributed by atoms with Crippen LogP contribution in [0.15, 0.2) is 30.3 Å². The predicted octanol–water partition coefficient (Wildman–Crippen LogP) is 4.20. The minimum absolute atomic E-state index is 0.0498. The first-order chi connectivity index (χ1) is 10.5. The van der Waals surface area contributed by atoms with Crippen LogP contribution in [0.5, 0.6) is 0 Å². The normalized spacial score (nSPS) is 18.5. The third-order valence-corrected chi connectivity index (χ3v) is 6.89. The lowest BCUT2D eigenvalue weighted by molar-refractivity contribution is 0.312. The molecule has 0 saturated heterocycles. The molecule has 0 N–H and O–H groups in total. The Balaban J connectivity index is 2.12. The van der Waals surface area contributed by atoms with Crippen LogP contribution < -0.4 is 0 Å². The molecule has 0 heterocycles. The smallest absolute Gasteiger partial charge is 0.212 e. The third-order valence-electron chi connectivity index (χ3n) is 4.79. The highest BCUT2D eigenvalue weighted by Gasteiger charge is 2.30. The maximum Gasteiger partial charge on any atom is 0.214 e. The molecule has 1 aliphatic carbocycles. The van der Waals surface area contributed by atoms with Gasteiger partial charge in [-0.25, -0.2) is 8.42 Å². The summed E-state index contributed by atoms with van der Waals surface area (Å²) in [6.07, 6.45) is 6.61. The van der Waals surface area contributed by atoms with Crippen molar-refractivity contribution in [3.8, 4) is 0 Å². The van der Waals surface area contributed by atoms with E-state index in [1.54, 1.807) is 4.31 Å². The van der Waals surface area contributed by atoms with Gasteiger partial charge in [0.25, 0.3) is 0 Å². The topological polar surface area (TPSA) is 37.4 Å². The fourth-order valence-electron chi connectivity index (χ4n) is 3.24. The van der Waals surface area contributed by atoms with Crippen LogP contribution in [0.4, 0.5) is 0 Å². The highest BCUT2D eigenvalue weighted by molar-refractivity contribution is 7.89. The van der Waals surface area contributed by atoms with Gasteiger partial charge in [-0.05, 0) is 37.7 Å². The summed E-state index contributed by atoms with van der Waals surface area (Å²) >= 11 is 0. The van der Waals surface area contributed by atoms with Crippen LogP contribution in [0, 0.1) is 5.92 Å². The molecule has 22 heavy (non-hydrogen) atoms. The number of benzene rings is 1. The molecular formula is C18H29NO2S. The van der Waals surface area contributed by atoms with E-state index in [1.165, 1.54) is 19.3 Å². The van der Waals surface area contributed by atoms with Crippen LogP contribution in [0.2, 0.25) is 0 Å². The quantitative estimate of drug-likeness (QED) is 0.754. The van der Waals surface area contributed by atoms with Crippen LogP contribution in [-0.4, -0.2) is 24.5 Å². The Morgan fingerprint density at radius 1 is 1.14 bits per heavy atom. The molecule has 4 heteroatoms. The summed E-state index contributed by atoms with van der Waals surface area (Å²) in [6.45, 7) is 4.56. The summed E-state index contributed by atoms with van der Waals surface area (Å²) in [7, 11) is -3.20. The van der Waals surface area contributed by atoms with Gasteiger partial charge in [0, 0.05) is 12.6 Å². The maximum atomic E-state index is 12.9. The van der Waals surface area contributed by atoms with E-state index < -0.39 is 10.0 Å². The van der Waals surface area contributed by atoms with E-state index in [4.69, 9.17) is 0 Å². The summed E-state index contributed by atoms with van der Waals surface area (Å²) in [4.78, 5) is 0. The van der Waals surface area contributed by atoms with Gasteiger partial charge in [-0.2, -0.15) is 4.31 Å². The summed E-state index contributed by atoms with van der Waals surface area (Å²) < 4.78 is 27.6. The zero-order chi connectivity index (χ0) is 16.0. The summed E-state index contributed by atoms with van der Waals surface area (Å²) in [6, 6.07) is 9.97. The Hall–Kier alpha value is -0.870. The first kappa shape index (κ1) is 17.5. The lowest BCUT2D eigenvalue weighted by atomic mass is 9.91. The molecule has 1 unspecified atom stereocenters. The van der Waals surface area contributed by atoms with Crippen molar-refractivity contribution in [2.75, 3.05) is 5.75 Å². The fourth-order valence-corrected chi connectivity index (χ4v) is 5.41. The van der Waals surface area contributed by atoms with E-state index in [0.717, 1.165) is 24.8 Å². The average Bonchev–Trinajstić information content (AvgIpc) is 2.53. The molecule has 1 saturated carbocycles. The van der Waals surface area contributed by atoms with E-state index in [1.807, 2.05) is 37.3 Å². The third kappa shape index (κ3) is 4.82. The van der Waals surface area contributed by atoms with Gasteiger partial charge in [0.15, 0.2) is 0 Å². The van der Waals surface area contributed by atoms with E-state index in [9.17, 15) is 8.42 Å². The fraction of sp³-hybridized carbons (Fsp3) is 0.667. The summed E-state index contributed by atoms with van der Waals surface area (Å²) in [5.41, 5.74) is 1.06. The van der Waals surface area contributed by atoms with Crippen LogP contribution >= 0.6 is 0 Å². The van der Waals surface area contributed by atoms with Gasteiger partial charge in [-0.1, -0.05) is 56.5 Å². The zero-order valence-corrected chi connectivity index (χ0v) is 14.7. The predicted molar refractivity (Wildman–Crippen MR) is 92.1 cm³/mol. The Morgan fingerprint density at radius 3 is 2.36 bits per heavy atom. The molecule has 2 rings (SSSR count). The van der Waals surface area contributed by atoms with Gasteiger partial charge >= 0.3 is 0 Å². The zero-order valence-electron chi connectivity index (χ0n) is 13.9. The summed E-state index contributed by atoms with van der Waals surface area (Å²) in [5, 5.41) is 0. The van der Waals surface area contributed by atoms with Crippen LogP contribution in [0.25, 0.3) is 0 Å². The standard InChI is InChI=1S/C18H29NO2S/c1-3-16(2)19(14-17-10-6-4-7-11-17)22(20,21)15-18-12-8-5-9-13-18/h4,6-7,10-11,16,18H,3,5,8-9,12-15H2,1-2H3. The molecule has 1 aromatic carbocycles. The Labute approximate surface area is 135 Å². The largest absolute Gasteiger partial charge is 0.214 e. The molecule has 0 bridgehead atoms. The lowest BCUT2D eigenvalue weighted by Gasteiger charge is -2.30. The van der Waals surface area contributed by atoms with Crippen LogP contribution in [0.1, 0.15) is 57.9 Å². The van der Waals surface area contributed by atoms with E-state index in [2.05, 4.69) is 6.92 Å². The molecule has 0 spiro atoms. The Bertz CT molecular complexity index is 535. The molecule has 1 fully saturated rings. The van der Waals surface area contributed by atoms with Crippen molar-refractivity contribution >= 4 is 10.0 Å². The first-order valence-corrected chi connectivity index (χ1v) is 10.2. The first-order valence-electron chi connectivity index (χ1n) is 8.56. The van der Waals surface area contributed by atoms with Gasteiger partial charge in [-0.3, -0.25) is 0 Å². The molecule has 124 valence electrons. The number of hydrogen-bond acceptors (Lipinski definition) is 2. The summed E-state index contributed by atoms with van der Waals surface area (Å²) in [5.74, 6) is 0.672. The number of rotatable bonds is 7. The van der Waals surface area contributed by atoms with Crippen molar-refractivity contribution < 1.29 is 8.42 Å².